The number of benzene rings is 2. The van der Waals surface area contributed by atoms with Gasteiger partial charge in [-0.1, -0.05) is 58.4 Å². The van der Waals surface area contributed by atoms with E-state index in [1.54, 1.807) is 54.6 Å². The highest BCUT2D eigenvalue weighted by molar-refractivity contribution is 9.10. The van der Waals surface area contributed by atoms with Crippen LogP contribution >= 0.6 is 15.9 Å². The maximum Gasteiger partial charge on any atom is 0.310 e. The van der Waals surface area contributed by atoms with Crippen molar-refractivity contribution in [3.63, 3.8) is 0 Å². The average molecular weight is 498 g/mol. The lowest BCUT2D eigenvalue weighted by Gasteiger charge is -2.40. The monoisotopic (exact) mass is 497 g/mol. The van der Waals surface area contributed by atoms with Gasteiger partial charge in [-0.3, -0.25) is 9.78 Å². The fourth-order valence-corrected chi connectivity index (χ4v) is 5.49. The van der Waals surface area contributed by atoms with E-state index >= 15 is 0 Å². The van der Waals surface area contributed by atoms with Crippen LogP contribution in [0, 0.1) is 5.92 Å². The highest BCUT2D eigenvalue weighted by Crippen LogP contribution is 2.68. The van der Waals surface area contributed by atoms with E-state index in [4.69, 9.17) is 9.47 Å². The highest BCUT2D eigenvalue weighted by Gasteiger charge is 2.78. The van der Waals surface area contributed by atoms with Crippen molar-refractivity contribution in [3.8, 4) is 11.5 Å². The molecule has 0 spiro atoms. The van der Waals surface area contributed by atoms with Crippen LogP contribution in [0.5, 0.6) is 11.5 Å². The number of hydrogen-bond donors (Lipinski definition) is 3. The topological polar surface area (TPSA) is 109 Å². The minimum absolute atomic E-state index is 0.0819. The van der Waals surface area contributed by atoms with Crippen LogP contribution < -0.4 is 9.47 Å². The van der Waals surface area contributed by atoms with Gasteiger partial charge in [-0.2, -0.15) is 0 Å². The molecular weight excluding hydrogens is 478 g/mol. The van der Waals surface area contributed by atoms with Crippen LogP contribution in [0.15, 0.2) is 71.3 Å². The van der Waals surface area contributed by atoms with Crippen LogP contribution in [-0.2, 0) is 16.0 Å². The molecule has 0 saturated heterocycles. The number of carboxylic acids is 1. The van der Waals surface area contributed by atoms with Gasteiger partial charge in [0.2, 0.25) is 0 Å². The Balaban J connectivity index is 1.86. The van der Waals surface area contributed by atoms with Gasteiger partial charge in [-0.15, -0.1) is 0 Å². The SMILES string of the molecule is COc1cnc2c(c1)O[C@@]1(c3ccc(Br)cc3)[C@H](c3ccccc3)[C@@H](C(=O)O)[C@@H](O)C21O. The van der Waals surface area contributed by atoms with Crippen molar-refractivity contribution in [1.82, 2.24) is 4.98 Å². The lowest BCUT2D eigenvalue weighted by atomic mass is 9.71. The fourth-order valence-electron chi connectivity index (χ4n) is 5.22. The third kappa shape index (κ3) is 2.60. The highest BCUT2D eigenvalue weighted by atomic mass is 79.9. The molecule has 3 N–H and O–H groups in total. The van der Waals surface area contributed by atoms with Crippen LogP contribution in [0.4, 0.5) is 0 Å². The van der Waals surface area contributed by atoms with E-state index < -0.39 is 35.1 Å². The number of methoxy groups -OCH3 is 1. The second-order valence-corrected chi connectivity index (χ2v) is 8.95. The third-order valence-electron chi connectivity index (χ3n) is 6.54. The Morgan fingerprint density at radius 3 is 2.47 bits per heavy atom. The van der Waals surface area contributed by atoms with Gasteiger partial charge in [-0.05, 0) is 23.3 Å². The first-order valence-electron chi connectivity index (χ1n) is 10.0. The van der Waals surface area contributed by atoms with Gasteiger partial charge in [0.05, 0.1) is 19.2 Å². The van der Waals surface area contributed by atoms with E-state index in [9.17, 15) is 20.1 Å². The number of fused-ring (bicyclic) bond motifs is 3. The van der Waals surface area contributed by atoms with Crippen molar-refractivity contribution >= 4 is 21.9 Å². The number of hydrogen-bond acceptors (Lipinski definition) is 6. The van der Waals surface area contributed by atoms with E-state index in [-0.39, 0.29) is 11.4 Å². The van der Waals surface area contributed by atoms with Gasteiger partial charge in [0, 0.05) is 16.5 Å². The summed E-state index contributed by atoms with van der Waals surface area (Å²) in [6, 6.07) is 17.6. The Bertz CT molecular complexity index is 1190. The Morgan fingerprint density at radius 1 is 1.16 bits per heavy atom. The molecule has 8 heteroatoms. The van der Waals surface area contributed by atoms with Gasteiger partial charge in [0.15, 0.2) is 11.2 Å². The van der Waals surface area contributed by atoms with Crippen LogP contribution in [-0.4, -0.2) is 39.5 Å². The molecule has 5 atom stereocenters. The Kier molecular flexibility index (Phi) is 4.77. The summed E-state index contributed by atoms with van der Waals surface area (Å²) in [7, 11) is 1.49. The van der Waals surface area contributed by atoms with Crippen LogP contribution in [0.1, 0.15) is 22.7 Å². The summed E-state index contributed by atoms with van der Waals surface area (Å²) in [5, 5.41) is 33.7. The molecule has 1 fully saturated rings. The smallest absolute Gasteiger partial charge is 0.310 e. The molecule has 1 aromatic heterocycles. The first kappa shape index (κ1) is 20.9. The third-order valence-corrected chi connectivity index (χ3v) is 7.07. The van der Waals surface area contributed by atoms with Crippen LogP contribution in [0.25, 0.3) is 0 Å². The zero-order valence-corrected chi connectivity index (χ0v) is 18.6. The second-order valence-electron chi connectivity index (χ2n) is 8.03. The summed E-state index contributed by atoms with van der Waals surface area (Å²) in [4.78, 5) is 16.8. The number of nitrogens with zero attached hydrogens (tertiary/aromatic N) is 1. The lowest BCUT2D eigenvalue weighted by molar-refractivity contribution is -0.160. The minimum Gasteiger partial charge on any atom is -0.495 e. The molecule has 2 aliphatic rings. The van der Waals surface area contributed by atoms with Crippen molar-refractivity contribution in [2.24, 2.45) is 5.92 Å². The standard InChI is InChI=1S/C24H20BrNO6/c1-31-16-11-17-20(26-12-16)23(30)21(27)18(22(28)29)19(13-5-3-2-4-6-13)24(23,32-17)14-7-9-15(25)10-8-14/h2-12,18-19,21,27,30H,1H3,(H,28,29)/t18-,19-,21-,23?,24+/m1/s1. The molecule has 0 amide bonds. The van der Waals surface area contributed by atoms with Gasteiger partial charge in [-0.25, -0.2) is 0 Å². The number of aliphatic carboxylic acids is 1. The number of aliphatic hydroxyl groups is 2. The maximum absolute atomic E-state index is 12.4. The quantitative estimate of drug-likeness (QED) is 0.507. The molecule has 1 aliphatic heterocycles. The molecule has 0 radical (unpaired) electrons. The number of rotatable bonds is 4. The number of pyridine rings is 1. The van der Waals surface area contributed by atoms with Crippen molar-refractivity contribution in [3.05, 3.63) is 88.2 Å². The fraction of sp³-hybridized carbons (Fsp3) is 0.250. The normalized spacial score (nSPS) is 30.3. The number of aliphatic hydroxyl groups excluding tert-OH is 1. The molecule has 7 nitrogen and oxygen atoms in total. The number of aromatic nitrogens is 1. The van der Waals surface area contributed by atoms with Crippen molar-refractivity contribution in [2.45, 2.75) is 23.2 Å². The summed E-state index contributed by atoms with van der Waals surface area (Å²) >= 11 is 3.42. The van der Waals surface area contributed by atoms with Crippen LogP contribution in [0.2, 0.25) is 0 Å². The van der Waals surface area contributed by atoms with E-state index in [1.807, 2.05) is 6.07 Å². The zero-order chi connectivity index (χ0) is 22.7. The second kappa shape index (κ2) is 7.30. The predicted molar refractivity (Wildman–Crippen MR) is 117 cm³/mol. The van der Waals surface area contributed by atoms with E-state index in [0.717, 1.165) is 4.47 Å². The van der Waals surface area contributed by atoms with Gasteiger partial charge in [0.25, 0.3) is 0 Å². The van der Waals surface area contributed by atoms with Crippen molar-refractivity contribution < 1.29 is 29.6 Å². The molecule has 2 heterocycles. The zero-order valence-electron chi connectivity index (χ0n) is 17.0. The molecule has 0 bridgehead atoms. The first-order valence-corrected chi connectivity index (χ1v) is 10.8. The first-order chi connectivity index (χ1) is 15.3. The molecular formula is C24H20BrNO6. The molecule has 32 heavy (non-hydrogen) atoms. The number of carbonyl (C=O) groups is 1. The van der Waals surface area contributed by atoms with Gasteiger partial charge in [0.1, 0.15) is 23.3 Å². The molecule has 5 rings (SSSR count). The molecule has 1 unspecified atom stereocenters. The summed E-state index contributed by atoms with van der Waals surface area (Å²) in [5.74, 6) is -2.84. The van der Waals surface area contributed by atoms with Gasteiger partial charge >= 0.3 is 5.97 Å². The lowest BCUT2D eigenvalue weighted by Crippen LogP contribution is -2.52. The summed E-state index contributed by atoms with van der Waals surface area (Å²) in [5.41, 5.74) is -2.53. The van der Waals surface area contributed by atoms with Crippen molar-refractivity contribution in [2.75, 3.05) is 7.11 Å². The largest absolute Gasteiger partial charge is 0.495 e. The summed E-state index contributed by atoms with van der Waals surface area (Å²) in [6.07, 6.45) is -0.271. The van der Waals surface area contributed by atoms with Gasteiger partial charge < -0.3 is 24.8 Å². The minimum atomic E-state index is -2.12. The average Bonchev–Trinajstić information content (AvgIpc) is 3.17. The molecule has 3 aromatic rings. The Morgan fingerprint density at radius 2 is 1.84 bits per heavy atom. The van der Waals surface area contributed by atoms with Crippen molar-refractivity contribution in [1.29, 1.82) is 0 Å². The predicted octanol–water partition coefficient (Wildman–Crippen LogP) is 3.19. The number of halogens is 1. The van der Waals surface area contributed by atoms with E-state index in [0.29, 0.717) is 16.9 Å². The summed E-state index contributed by atoms with van der Waals surface area (Å²) in [6.45, 7) is 0. The molecule has 1 aliphatic carbocycles. The number of carboxylic acid groups (broad SMARTS) is 1. The van der Waals surface area contributed by atoms with E-state index in [1.165, 1.54) is 13.3 Å². The Hall–Kier alpha value is -2.94. The molecule has 1 saturated carbocycles. The number of ether oxygens (including phenoxy) is 2. The Labute approximate surface area is 192 Å². The molecule has 164 valence electrons. The van der Waals surface area contributed by atoms with E-state index in [2.05, 4.69) is 20.9 Å². The maximum atomic E-state index is 12.4. The summed E-state index contributed by atoms with van der Waals surface area (Å²) < 4.78 is 12.5. The van der Waals surface area contributed by atoms with Crippen LogP contribution in [0.3, 0.4) is 0 Å². The molecule has 2 aromatic carbocycles.